The summed E-state index contributed by atoms with van der Waals surface area (Å²) >= 11 is 0. The number of nitrogens with zero attached hydrogens (tertiary/aromatic N) is 9. The van der Waals surface area contributed by atoms with E-state index in [0.29, 0.717) is 0 Å². The number of hydrogen-bond acceptors (Lipinski definition) is 12. The third-order valence-corrected chi connectivity index (χ3v) is 21.4. The van der Waals surface area contributed by atoms with Crippen LogP contribution in [0.4, 0.5) is 17.1 Å². The Morgan fingerprint density at radius 2 is 0.536 bits per heavy atom. The number of fused-ring (bicyclic) bond motifs is 15. The van der Waals surface area contributed by atoms with Crippen molar-refractivity contribution in [3.05, 3.63) is 155 Å². The Hall–Kier alpha value is -6.12. The van der Waals surface area contributed by atoms with Crippen LogP contribution < -0.4 is 0 Å². The smallest absolute Gasteiger partial charge is 0.258 e. The third-order valence-electron chi connectivity index (χ3n) is 21.4. The van der Waals surface area contributed by atoms with Gasteiger partial charge in [-0.2, -0.15) is 30.7 Å². The summed E-state index contributed by atoms with van der Waals surface area (Å²) in [5.41, 5.74) is 0.0622. The molecule has 3 heterocycles. The fourth-order valence-electron chi connectivity index (χ4n) is 18.8. The number of benzene rings is 4. The molecule has 69 heavy (non-hydrogen) atoms. The molecule has 13 rings (SSSR count). The van der Waals surface area contributed by atoms with E-state index in [-0.39, 0.29) is 67.3 Å². The van der Waals surface area contributed by atoms with Crippen molar-refractivity contribution < 1.29 is 14.8 Å². The largest absolute Gasteiger partial charge is 0.269 e. The van der Waals surface area contributed by atoms with E-state index in [1.165, 1.54) is 0 Å². The second-order valence-electron chi connectivity index (χ2n) is 23.7. The Morgan fingerprint density at radius 1 is 0.348 bits per heavy atom. The Bertz CT molecular complexity index is 2710. The van der Waals surface area contributed by atoms with E-state index in [9.17, 15) is 30.3 Å². The molecule has 354 valence electrons. The molecule has 4 aromatic rings. The zero-order valence-electron chi connectivity index (χ0n) is 40.0. The normalized spacial score (nSPS) is 40.1. The lowest BCUT2D eigenvalue weighted by Crippen LogP contribution is -2.47. The zero-order chi connectivity index (χ0) is 48.1. The molecule has 12 unspecified atom stereocenters. The number of hydrogen-bond donors (Lipinski definition) is 0. The Morgan fingerprint density at radius 3 is 0.725 bits per heavy atom. The average Bonchev–Trinajstić information content (AvgIpc) is 4.23. The molecule has 0 aromatic heterocycles. The Labute approximate surface area is 400 Å². The molecule has 15 heteroatoms. The quantitative estimate of drug-likeness (QED) is 0.118. The first-order valence-corrected chi connectivity index (χ1v) is 25.1. The fraction of sp³-hybridized carbons (Fsp3) is 0.556. The van der Waals surface area contributed by atoms with Gasteiger partial charge in [-0.15, -0.1) is 0 Å². The second-order valence-corrected chi connectivity index (χ2v) is 23.7. The topological polar surface area (TPSA) is 204 Å². The molecular weight excluding hydrogens is 871 g/mol. The Balaban J connectivity index is 1.06. The molecular formula is C54H57N9O6. The minimum atomic E-state index is -0.778. The Kier molecular flexibility index (Phi) is 8.21. The van der Waals surface area contributed by atoms with E-state index in [4.69, 9.17) is 30.7 Å². The first kappa shape index (κ1) is 42.9. The van der Waals surface area contributed by atoms with E-state index < -0.39 is 49.5 Å². The molecule has 0 saturated heterocycles. The molecule has 12 atom stereocenters. The van der Waals surface area contributed by atoms with Gasteiger partial charge in [0, 0.05) is 52.6 Å². The summed E-state index contributed by atoms with van der Waals surface area (Å²) in [4.78, 5) is 34.7. The molecule has 15 nitrogen and oxygen atoms in total. The summed E-state index contributed by atoms with van der Waals surface area (Å²) in [6, 6.07) is 28.4. The summed E-state index contributed by atoms with van der Waals surface area (Å²) < 4.78 is 0. The number of nitro groups is 3. The minimum Gasteiger partial charge on any atom is -0.258 e. The highest BCUT2D eigenvalue weighted by atomic mass is 16.6. The molecule has 0 amide bonds. The first-order valence-electron chi connectivity index (χ1n) is 25.1. The lowest BCUT2D eigenvalue weighted by atomic mass is 9.57. The molecule has 4 aromatic carbocycles. The molecule has 3 aliphatic heterocycles. The molecule has 0 spiro atoms. The molecule has 6 saturated carbocycles. The van der Waals surface area contributed by atoms with Gasteiger partial charge in [0.15, 0.2) is 0 Å². The second kappa shape index (κ2) is 13.2. The highest BCUT2D eigenvalue weighted by Gasteiger charge is 2.82. The number of nitro benzene ring substituents is 3. The van der Waals surface area contributed by atoms with Crippen molar-refractivity contribution in [3.8, 4) is 0 Å². The summed E-state index contributed by atoms with van der Waals surface area (Å²) in [6.07, 6.45) is 8.89. The van der Waals surface area contributed by atoms with Crippen molar-refractivity contribution >= 4 is 17.1 Å². The molecule has 6 aliphatic carbocycles. The molecule has 6 bridgehead atoms. The standard InChI is InChI=1S/C54H57N9O6/c1-46(2)49(31-16-22-37(23-17-31)61(64)65)40-10-7-13-43(40)52(46,58-55-49)34-28-35(53-44-14-8-11-41(44)50(56-59-53,47(53,3)4)32-18-24-38(25-19-32)62(66)67)30-36(29-34)54-45-15-9-12-42(45)51(57-60-54,48(54,5)6)33-20-26-39(27-21-33)63(68)69/h16-30,40-45H,7-15H2,1-6H3. The van der Waals surface area contributed by atoms with Crippen LogP contribution in [0.1, 0.15) is 133 Å². The van der Waals surface area contributed by atoms with Crippen LogP contribution in [-0.2, 0) is 33.2 Å². The lowest BCUT2D eigenvalue weighted by molar-refractivity contribution is -0.385. The minimum absolute atomic E-state index is 0.0471. The van der Waals surface area contributed by atoms with Crippen LogP contribution in [0.15, 0.2) is 122 Å². The number of azo groups is 3. The van der Waals surface area contributed by atoms with E-state index in [0.717, 1.165) is 91.2 Å². The third kappa shape index (κ3) is 4.39. The van der Waals surface area contributed by atoms with Gasteiger partial charge in [-0.05, 0) is 144 Å². The van der Waals surface area contributed by atoms with Crippen LogP contribution in [0.2, 0.25) is 0 Å². The van der Waals surface area contributed by atoms with Gasteiger partial charge in [0.25, 0.3) is 17.1 Å². The number of rotatable bonds is 9. The van der Waals surface area contributed by atoms with Crippen molar-refractivity contribution in [2.45, 2.75) is 133 Å². The maximum atomic E-state index is 11.9. The highest BCUT2D eigenvalue weighted by molar-refractivity contribution is 5.56. The van der Waals surface area contributed by atoms with Gasteiger partial charge >= 0.3 is 0 Å². The van der Waals surface area contributed by atoms with Crippen LogP contribution in [0.3, 0.4) is 0 Å². The summed E-state index contributed by atoms with van der Waals surface area (Å²) in [5.74, 6) is 0.874. The molecule has 0 radical (unpaired) electrons. The van der Waals surface area contributed by atoms with Gasteiger partial charge in [0.2, 0.25) is 0 Å². The van der Waals surface area contributed by atoms with Crippen LogP contribution >= 0.6 is 0 Å². The summed E-state index contributed by atoms with van der Waals surface area (Å²) in [5, 5.41) is 68.9. The molecule has 9 aliphatic rings. The molecule has 0 N–H and O–H groups in total. The van der Waals surface area contributed by atoms with Gasteiger partial charge in [-0.1, -0.05) is 79.0 Å². The average molecular weight is 928 g/mol. The van der Waals surface area contributed by atoms with Crippen LogP contribution in [-0.4, -0.2) is 14.8 Å². The lowest BCUT2D eigenvalue weighted by Gasteiger charge is -2.46. The van der Waals surface area contributed by atoms with E-state index >= 15 is 0 Å². The first-order chi connectivity index (χ1) is 32.8. The van der Waals surface area contributed by atoms with Gasteiger partial charge in [0.1, 0.15) is 33.2 Å². The molecule has 6 fully saturated rings. The fourth-order valence-corrected chi connectivity index (χ4v) is 18.8. The van der Waals surface area contributed by atoms with Crippen LogP contribution in [0.25, 0.3) is 0 Å². The van der Waals surface area contributed by atoms with Crippen molar-refractivity contribution in [3.63, 3.8) is 0 Å². The van der Waals surface area contributed by atoms with Crippen molar-refractivity contribution in [2.75, 3.05) is 0 Å². The van der Waals surface area contributed by atoms with Crippen molar-refractivity contribution in [1.29, 1.82) is 0 Å². The van der Waals surface area contributed by atoms with Gasteiger partial charge < -0.3 is 0 Å². The van der Waals surface area contributed by atoms with E-state index in [1.807, 2.05) is 36.4 Å². The van der Waals surface area contributed by atoms with E-state index in [2.05, 4.69) is 59.7 Å². The van der Waals surface area contributed by atoms with Gasteiger partial charge in [-0.3, -0.25) is 30.3 Å². The van der Waals surface area contributed by atoms with Crippen LogP contribution in [0, 0.1) is 82.1 Å². The maximum Gasteiger partial charge on any atom is 0.269 e. The maximum absolute atomic E-state index is 11.9. The van der Waals surface area contributed by atoms with Crippen molar-refractivity contribution in [2.24, 2.45) is 82.4 Å². The van der Waals surface area contributed by atoms with E-state index in [1.54, 1.807) is 36.4 Å². The predicted molar refractivity (Wildman–Crippen MR) is 254 cm³/mol. The highest BCUT2D eigenvalue weighted by Crippen LogP contribution is 2.82. The SMILES string of the molecule is CC1(C)C2(c3ccc([N+](=O)[O-])cc3)N=NC1(c1cc(C34N=NC(c5ccc([N+](=O)[O-])cc5)(C5CCCC53)C4(C)C)cc(C34N=NC(c5ccc([N+](=O)[O-])cc5)(C5CCCC53)C4(C)C)c1)C1CCCC12. The van der Waals surface area contributed by atoms with Gasteiger partial charge in [-0.25, -0.2) is 0 Å². The number of non-ortho nitro benzene ring substituents is 3. The summed E-state index contributed by atoms with van der Waals surface area (Å²) in [6.45, 7) is 13.9. The predicted octanol–water partition coefficient (Wildman–Crippen LogP) is 13.4. The summed E-state index contributed by atoms with van der Waals surface area (Å²) in [7, 11) is 0. The van der Waals surface area contributed by atoms with Crippen molar-refractivity contribution in [1.82, 2.24) is 0 Å². The van der Waals surface area contributed by atoms with Crippen LogP contribution in [0.5, 0.6) is 0 Å². The van der Waals surface area contributed by atoms with Gasteiger partial charge in [0.05, 0.1) is 14.8 Å². The zero-order valence-corrected chi connectivity index (χ0v) is 40.0. The monoisotopic (exact) mass is 927 g/mol.